The second-order valence-electron chi connectivity index (χ2n) is 1.67. The van der Waals surface area contributed by atoms with E-state index in [4.69, 9.17) is 0 Å². The van der Waals surface area contributed by atoms with E-state index in [-0.39, 0.29) is 0 Å². The van der Waals surface area contributed by atoms with Gasteiger partial charge in [0, 0.05) is 23.6 Å². The lowest BCUT2D eigenvalue weighted by atomic mass is 10.7. The van der Waals surface area contributed by atoms with E-state index in [1.54, 1.807) is 18.5 Å². The number of aromatic nitrogens is 2. The van der Waals surface area contributed by atoms with E-state index in [9.17, 15) is 4.55 Å². The third kappa shape index (κ3) is 1.68. The van der Waals surface area contributed by atoms with E-state index in [1.165, 1.54) is 0 Å². The average Bonchev–Trinajstić information content (AvgIpc) is 2.05. The summed E-state index contributed by atoms with van der Waals surface area (Å²) in [6.07, 6.45) is 3.19. The first-order valence-corrected chi connectivity index (χ1v) is 4.32. The first-order chi connectivity index (χ1) is 4.84. The van der Waals surface area contributed by atoms with Gasteiger partial charge in [-0.25, -0.2) is 0 Å². The molecule has 1 aromatic rings. The van der Waals surface area contributed by atoms with Crippen molar-refractivity contribution in [3.05, 3.63) is 18.5 Å². The summed E-state index contributed by atoms with van der Waals surface area (Å²) in [5.74, 6) is 0.573. The van der Waals surface area contributed by atoms with Gasteiger partial charge in [0.1, 0.15) is 5.75 Å². The molecule has 0 aliphatic heterocycles. The van der Waals surface area contributed by atoms with E-state index in [2.05, 4.69) is 9.97 Å². The van der Waals surface area contributed by atoms with Crippen LogP contribution in [-0.4, -0.2) is 20.3 Å². The summed E-state index contributed by atoms with van der Waals surface area (Å²) in [6.45, 7) is 1.84. The highest BCUT2D eigenvalue weighted by atomic mass is 32.2. The van der Waals surface area contributed by atoms with Gasteiger partial charge in [-0.05, 0) is 13.0 Å². The van der Waals surface area contributed by atoms with Crippen LogP contribution in [0.5, 0.6) is 0 Å². The minimum atomic E-state index is -1.01. The van der Waals surface area contributed by atoms with Gasteiger partial charge in [0.05, 0.1) is 0 Å². The Bertz CT molecular complexity index is 192. The van der Waals surface area contributed by atoms with Crippen LogP contribution in [0.1, 0.15) is 6.92 Å². The van der Waals surface area contributed by atoms with Crippen molar-refractivity contribution in [2.24, 2.45) is 0 Å². The highest BCUT2D eigenvalue weighted by molar-refractivity contribution is 7.91. The lowest BCUT2D eigenvalue weighted by Gasteiger charge is -2.02. The molecule has 0 saturated heterocycles. The SMILES string of the molecule is CC[S+]([O-])c1ncccn1. The molecule has 4 heteroatoms. The highest BCUT2D eigenvalue weighted by Crippen LogP contribution is 2.00. The highest BCUT2D eigenvalue weighted by Gasteiger charge is 2.08. The third-order valence-electron chi connectivity index (χ3n) is 1.01. The molecular formula is C6H8N2OS. The number of rotatable bonds is 2. The Hall–Kier alpha value is -0.610. The van der Waals surface area contributed by atoms with Gasteiger partial charge in [0.25, 0.3) is 0 Å². The van der Waals surface area contributed by atoms with Crippen LogP contribution in [0.3, 0.4) is 0 Å². The van der Waals surface area contributed by atoms with Gasteiger partial charge in [-0.1, -0.05) is 0 Å². The zero-order valence-electron chi connectivity index (χ0n) is 5.65. The molecule has 1 rings (SSSR count). The monoisotopic (exact) mass is 156 g/mol. The van der Waals surface area contributed by atoms with Crippen molar-refractivity contribution in [3.8, 4) is 0 Å². The van der Waals surface area contributed by atoms with E-state index < -0.39 is 11.2 Å². The lowest BCUT2D eigenvalue weighted by Crippen LogP contribution is -2.07. The topological polar surface area (TPSA) is 48.8 Å². The molecule has 0 spiro atoms. The molecule has 0 bridgehead atoms. The fourth-order valence-electron chi connectivity index (χ4n) is 0.532. The molecule has 10 heavy (non-hydrogen) atoms. The predicted molar refractivity (Wildman–Crippen MR) is 39.0 cm³/mol. The summed E-state index contributed by atoms with van der Waals surface area (Å²) >= 11 is -1.01. The molecular weight excluding hydrogens is 148 g/mol. The minimum absolute atomic E-state index is 0.421. The Morgan fingerprint density at radius 1 is 1.50 bits per heavy atom. The summed E-state index contributed by atoms with van der Waals surface area (Å²) < 4.78 is 11.0. The zero-order valence-corrected chi connectivity index (χ0v) is 6.47. The molecule has 0 radical (unpaired) electrons. The van der Waals surface area contributed by atoms with E-state index >= 15 is 0 Å². The molecule has 0 aliphatic carbocycles. The van der Waals surface area contributed by atoms with Crippen molar-refractivity contribution in [2.45, 2.75) is 12.1 Å². The Morgan fingerprint density at radius 2 is 2.10 bits per heavy atom. The predicted octanol–water partition coefficient (Wildman–Crippen LogP) is 0.604. The van der Waals surface area contributed by atoms with Gasteiger partial charge in [0.15, 0.2) is 0 Å². The average molecular weight is 156 g/mol. The van der Waals surface area contributed by atoms with Gasteiger partial charge in [0.2, 0.25) is 0 Å². The molecule has 1 atom stereocenters. The Labute approximate surface area is 62.7 Å². The molecule has 1 heterocycles. The number of hydrogen-bond acceptors (Lipinski definition) is 3. The van der Waals surface area contributed by atoms with Crippen LogP contribution in [0.15, 0.2) is 23.6 Å². The van der Waals surface area contributed by atoms with Crippen molar-refractivity contribution in [1.29, 1.82) is 0 Å². The molecule has 54 valence electrons. The van der Waals surface area contributed by atoms with Crippen molar-refractivity contribution < 1.29 is 4.55 Å². The minimum Gasteiger partial charge on any atom is -0.609 e. The summed E-state index contributed by atoms with van der Waals surface area (Å²) in [5.41, 5.74) is 0. The second-order valence-corrected chi connectivity index (χ2v) is 3.30. The van der Waals surface area contributed by atoms with Gasteiger partial charge < -0.3 is 4.55 Å². The summed E-state index contributed by atoms with van der Waals surface area (Å²) in [5, 5.41) is 0.421. The largest absolute Gasteiger partial charge is 0.609 e. The van der Waals surface area contributed by atoms with Crippen LogP contribution in [-0.2, 0) is 11.2 Å². The first kappa shape index (κ1) is 7.50. The van der Waals surface area contributed by atoms with Crippen LogP contribution in [0.4, 0.5) is 0 Å². The Morgan fingerprint density at radius 3 is 2.60 bits per heavy atom. The molecule has 0 fully saturated rings. The normalized spacial score (nSPS) is 13.0. The fourth-order valence-corrected chi connectivity index (χ4v) is 1.15. The Kier molecular flexibility index (Phi) is 2.65. The summed E-state index contributed by atoms with van der Waals surface area (Å²) in [4.78, 5) is 7.68. The van der Waals surface area contributed by atoms with Crippen molar-refractivity contribution in [1.82, 2.24) is 9.97 Å². The molecule has 1 unspecified atom stereocenters. The van der Waals surface area contributed by atoms with Crippen LogP contribution >= 0.6 is 0 Å². The van der Waals surface area contributed by atoms with E-state index in [0.29, 0.717) is 10.9 Å². The lowest BCUT2D eigenvalue weighted by molar-refractivity contribution is 0.587. The van der Waals surface area contributed by atoms with Gasteiger partial charge >= 0.3 is 5.16 Å². The van der Waals surface area contributed by atoms with E-state index in [1.807, 2.05) is 6.92 Å². The van der Waals surface area contributed by atoms with Gasteiger partial charge in [-0.2, -0.15) is 9.97 Å². The maximum atomic E-state index is 11.0. The standard InChI is InChI=1S/C6H8N2OS/c1-2-10(9)6-7-4-3-5-8-6/h3-5H,2H2,1H3. The van der Waals surface area contributed by atoms with Crippen LogP contribution in [0.25, 0.3) is 0 Å². The number of hydrogen-bond donors (Lipinski definition) is 0. The van der Waals surface area contributed by atoms with Gasteiger partial charge in [-0.15, -0.1) is 0 Å². The van der Waals surface area contributed by atoms with E-state index in [0.717, 1.165) is 0 Å². The molecule has 0 aromatic carbocycles. The fraction of sp³-hybridized carbons (Fsp3) is 0.333. The molecule has 1 aromatic heterocycles. The van der Waals surface area contributed by atoms with Crippen LogP contribution < -0.4 is 0 Å². The first-order valence-electron chi connectivity index (χ1n) is 3.00. The molecule has 0 aliphatic rings. The summed E-state index contributed by atoms with van der Waals surface area (Å²) in [6, 6.07) is 1.70. The maximum absolute atomic E-state index is 11.0. The number of nitrogens with zero attached hydrogens (tertiary/aromatic N) is 2. The zero-order chi connectivity index (χ0) is 7.40. The third-order valence-corrected chi connectivity index (χ3v) is 2.15. The van der Waals surface area contributed by atoms with Gasteiger partial charge in [-0.3, -0.25) is 0 Å². The van der Waals surface area contributed by atoms with Crippen molar-refractivity contribution in [2.75, 3.05) is 5.75 Å². The van der Waals surface area contributed by atoms with Crippen LogP contribution in [0, 0.1) is 0 Å². The van der Waals surface area contributed by atoms with Crippen LogP contribution in [0.2, 0.25) is 0 Å². The Balaban J connectivity index is 2.75. The molecule has 0 amide bonds. The van der Waals surface area contributed by atoms with Crippen molar-refractivity contribution >= 4 is 11.2 Å². The second kappa shape index (κ2) is 3.53. The summed E-state index contributed by atoms with van der Waals surface area (Å²) in [7, 11) is 0. The molecule has 0 saturated carbocycles. The van der Waals surface area contributed by atoms with Crippen molar-refractivity contribution in [3.63, 3.8) is 0 Å². The molecule has 3 nitrogen and oxygen atoms in total. The quantitative estimate of drug-likeness (QED) is 0.465. The maximum Gasteiger partial charge on any atom is 0.342 e. The smallest absolute Gasteiger partial charge is 0.342 e. The molecule has 0 N–H and O–H groups in total.